The predicted molar refractivity (Wildman–Crippen MR) is 330 cm³/mol. The summed E-state index contributed by atoms with van der Waals surface area (Å²) < 4.78 is 16.9. The third-order valence-electron chi connectivity index (χ3n) is 14.7. The smallest absolute Gasteiger partial charge is 0.306 e. The van der Waals surface area contributed by atoms with Crippen LogP contribution in [0.5, 0.6) is 0 Å². The molecule has 0 rings (SSSR count). The first-order valence-electron chi connectivity index (χ1n) is 33.3. The Balaban J connectivity index is 4.14. The van der Waals surface area contributed by atoms with Crippen molar-refractivity contribution in [2.75, 3.05) is 13.2 Å². The van der Waals surface area contributed by atoms with Crippen LogP contribution in [0.2, 0.25) is 0 Å². The largest absolute Gasteiger partial charge is 0.462 e. The molecule has 76 heavy (non-hydrogen) atoms. The molecule has 0 fully saturated rings. The van der Waals surface area contributed by atoms with Crippen LogP contribution in [0.15, 0.2) is 60.8 Å². The molecule has 0 aromatic rings. The van der Waals surface area contributed by atoms with Crippen molar-refractivity contribution < 1.29 is 28.6 Å². The van der Waals surface area contributed by atoms with Crippen molar-refractivity contribution in [2.45, 2.75) is 354 Å². The van der Waals surface area contributed by atoms with Gasteiger partial charge in [0.05, 0.1) is 0 Å². The van der Waals surface area contributed by atoms with E-state index in [1.54, 1.807) is 0 Å². The third kappa shape index (κ3) is 62.0. The van der Waals surface area contributed by atoms with Crippen LogP contribution in [0.3, 0.4) is 0 Å². The van der Waals surface area contributed by atoms with Crippen LogP contribution in [0.4, 0.5) is 0 Å². The van der Waals surface area contributed by atoms with Gasteiger partial charge >= 0.3 is 17.9 Å². The minimum atomic E-state index is -0.774. The summed E-state index contributed by atoms with van der Waals surface area (Å²) in [7, 11) is 0. The Kier molecular flexibility index (Phi) is 62.2. The molecule has 0 aliphatic carbocycles. The summed E-state index contributed by atoms with van der Waals surface area (Å²) in [5.41, 5.74) is 0. The number of rotatable bonds is 61. The Labute approximate surface area is 472 Å². The van der Waals surface area contributed by atoms with Crippen molar-refractivity contribution in [3.63, 3.8) is 0 Å². The van der Waals surface area contributed by atoms with Gasteiger partial charge in [-0.2, -0.15) is 0 Å². The van der Waals surface area contributed by atoms with Gasteiger partial charge in [0.1, 0.15) is 13.2 Å². The van der Waals surface area contributed by atoms with Crippen LogP contribution in [0.1, 0.15) is 348 Å². The van der Waals surface area contributed by atoms with Crippen molar-refractivity contribution in [3.05, 3.63) is 60.8 Å². The number of hydrogen-bond donors (Lipinski definition) is 0. The molecule has 1 atom stereocenters. The van der Waals surface area contributed by atoms with Crippen molar-refractivity contribution in [1.29, 1.82) is 0 Å². The first kappa shape index (κ1) is 73.1. The maximum absolute atomic E-state index is 12.9. The van der Waals surface area contributed by atoms with Gasteiger partial charge in [-0.15, -0.1) is 0 Å². The van der Waals surface area contributed by atoms with E-state index >= 15 is 0 Å². The lowest BCUT2D eigenvalue weighted by molar-refractivity contribution is -0.167. The van der Waals surface area contributed by atoms with Gasteiger partial charge in [-0.05, 0) is 89.9 Å². The fraction of sp³-hybridized carbons (Fsp3) is 0.814. The van der Waals surface area contributed by atoms with Gasteiger partial charge in [0.15, 0.2) is 6.10 Å². The van der Waals surface area contributed by atoms with Crippen molar-refractivity contribution in [3.8, 4) is 0 Å². The second-order valence-electron chi connectivity index (χ2n) is 22.4. The van der Waals surface area contributed by atoms with Gasteiger partial charge < -0.3 is 14.2 Å². The lowest BCUT2D eigenvalue weighted by Crippen LogP contribution is -2.30. The normalized spacial score (nSPS) is 12.4. The molecular weight excluding hydrogens is 937 g/mol. The zero-order chi connectivity index (χ0) is 55.0. The minimum Gasteiger partial charge on any atom is -0.462 e. The lowest BCUT2D eigenvalue weighted by atomic mass is 10.0. The van der Waals surface area contributed by atoms with E-state index in [2.05, 4.69) is 81.5 Å². The number of ether oxygens (including phenoxy) is 3. The molecule has 0 radical (unpaired) electrons. The van der Waals surface area contributed by atoms with E-state index in [-0.39, 0.29) is 31.1 Å². The van der Waals surface area contributed by atoms with Crippen LogP contribution < -0.4 is 0 Å². The lowest BCUT2D eigenvalue weighted by Gasteiger charge is -2.18. The van der Waals surface area contributed by atoms with Gasteiger partial charge in [0, 0.05) is 19.3 Å². The number of unbranched alkanes of at least 4 members (excludes halogenated alkanes) is 40. The standard InChI is InChI=1S/C70H126O6/c1-4-7-10-13-16-19-21-23-25-27-29-31-33-34-35-36-38-39-41-43-45-47-49-51-54-57-60-63-69(72)75-66-67(65-74-68(71)62-59-56-53-18-15-12-9-6-3)76-70(73)64-61-58-55-52-50-48-46-44-42-40-37-32-30-28-26-24-22-20-17-14-11-8-5-2/h21-24,27-30,33-34,67H,4-20,25-26,31-32,35-66H2,1-3H3/b23-21-,24-22-,29-27-,30-28-,34-33-. The van der Waals surface area contributed by atoms with E-state index in [0.29, 0.717) is 19.3 Å². The molecule has 6 nitrogen and oxygen atoms in total. The highest BCUT2D eigenvalue weighted by atomic mass is 16.6. The Hall–Kier alpha value is -2.89. The molecule has 0 N–H and O–H groups in total. The number of carbonyl (C=O) groups excluding carboxylic acids is 3. The van der Waals surface area contributed by atoms with E-state index in [1.807, 2.05) is 0 Å². The fourth-order valence-electron chi connectivity index (χ4n) is 9.72. The Morgan fingerprint density at radius 3 is 0.737 bits per heavy atom. The Bertz CT molecular complexity index is 1360. The van der Waals surface area contributed by atoms with E-state index in [0.717, 1.165) is 77.0 Å². The molecule has 6 heteroatoms. The van der Waals surface area contributed by atoms with Gasteiger partial charge in [0.25, 0.3) is 0 Å². The van der Waals surface area contributed by atoms with Crippen LogP contribution in [-0.4, -0.2) is 37.2 Å². The molecule has 0 aromatic carbocycles. The highest BCUT2D eigenvalue weighted by molar-refractivity contribution is 5.71. The molecule has 442 valence electrons. The predicted octanol–water partition coefficient (Wildman–Crippen LogP) is 22.7. The molecule has 0 aliphatic heterocycles. The summed E-state index contributed by atoms with van der Waals surface area (Å²) in [6, 6.07) is 0. The van der Waals surface area contributed by atoms with Crippen molar-refractivity contribution in [1.82, 2.24) is 0 Å². The van der Waals surface area contributed by atoms with Crippen molar-refractivity contribution in [2.24, 2.45) is 0 Å². The van der Waals surface area contributed by atoms with Crippen molar-refractivity contribution >= 4 is 17.9 Å². The first-order chi connectivity index (χ1) is 37.5. The summed E-state index contributed by atoms with van der Waals surface area (Å²) in [6.45, 7) is 6.63. The average Bonchev–Trinajstić information content (AvgIpc) is 3.42. The molecule has 1 unspecified atom stereocenters. The maximum Gasteiger partial charge on any atom is 0.306 e. The van der Waals surface area contributed by atoms with Crippen LogP contribution in [0.25, 0.3) is 0 Å². The summed E-state index contributed by atoms with van der Waals surface area (Å²) in [5, 5.41) is 0. The first-order valence-corrected chi connectivity index (χ1v) is 33.3. The summed E-state index contributed by atoms with van der Waals surface area (Å²) in [6.07, 6.45) is 82.5. The molecule has 0 aromatic heterocycles. The quantitative estimate of drug-likeness (QED) is 0.0261. The molecular formula is C70H126O6. The van der Waals surface area contributed by atoms with E-state index in [1.165, 1.54) is 231 Å². The highest BCUT2D eigenvalue weighted by Gasteiger charge is 2.19. The third-order valence-corrected chi connectivity index (χ3v) is 14.7. The number of allylic oxidation sites excluding steroid dienone is 10. The number of esters is 3. The molecule has 0 amide bonds. The Morgan fingerprint density at radius 1 is 0.263 bits per heavy atom. The van der Waals surface area contributed by atoms with Crippen LogP contribution >= 0.6 is 0 Å². The number of carbonyl (C=O) groups is 3. The molecule has 0 spiro atoms. The fourth-order valence-corrected chi connectivity index (χ4v) is 9.72. The Morgan fingerprint density at radius 2 is 0.474 bits per heavy atom. The van der Waals surface area contributed by atoms with Gasteiger partial charge in [-0.3, -0.25) is 14.4 Å². The summed E-state index contributed by atoms with van der Waals surface area (Å²) in [4.78, 5) is 38.2. The molecule has 0 aliphatic rings. The van der Waals surface area contributed by atoms with Gasteiger partial charge in [-0.1, -0.05) is 300 Å². The highest BCUT2D eigenvalue weighted by Crippen LogP contribution is 2.17. The van der Waals surface area contributed by atoms with Gasteiger partial charge in [0.2, 0.25) is 0 Å². The van der Waals surface area contributed by atoms with Gasteiger partial charge in [-0.25, -0.2) is 0 Å². The average molecular weight is 1060 g/mol. The van der Waals surface area contributed by atoms with E-state index < -0.39 is 6.10 Å². The van der Waals surface area contributed by atoms with Crippen LogP contribution in [-0.2, 0) is 28.6 Å². The van der Waals surface area contributed by atoms with E-state index in [4.69, 9.17) is 14.2 Å². The summed E-state index contributed by atoms with van der Waals surface area (Å²) >= 11 is 0. The second kappa shape index (κ2) is 64.6. The molecule has 0 saturated carbocycles. The zero-order valence-corrected chi connectivity index (χ0v) is 50.8. The van der Waals surface area contributed by atoms with Crippen LogP contribution in [0, 0.1) is 0 Å². The minimum absolute atomic E-state index is 0.0724. The second-order valence-corrected chi connectivity index (χ2v) is 22.4. The zero-order valence-electron chi connectivity index (χ0n) is 50.8. The monoisotopic (exact) mass is 1060 g/mol. The van der Waals surface area contributed by atoms with E-state index in [9.17, 15) is 14.4 Å². The molecule has 0 heterocycles. The molecule has 0 bridgehead atoms. The molecule has 0 saturated heterocycles. The maximum atomic E-state index is 12.9. The number of hydrogen-bond acceptors (Lipinski definition) is 6. The SMILES string of the molecule is CCCCCCC/C=C\C/C=C\C/C=C\CCCCCCCCCCCCCCC(=O)OCC(COC(=O)CCCCCCCCCC)OC(=O)CCCCCCCCCCCCC/C=C\C/C=C\CCCCCCC. The topological polar surface area (TPSA) is 78.9 Å². The summed E-state index contributed by atoms with van der Waals surface area (Å²) in [5.74, 6) is -0.863.